The maximum Gasteiger partial charge on any atom is 0.411 e. The second-order valence-corrected chi connectivity index (χ2v) is 8.55. The zero-order valence-electron chi connectivity index (χ0n) is 18.4. The van der Waals surface area contributed by atoms with Gasteiger partial charge in [-0.15, -0.1) is 0 Å². The summed E-state index contributed by atoms with van der Waals surface area (Å²) in [7, 11) is 3.10. The molecule has 0 fully saturated rings. The molecule has 1 atom stereocenters. The van der Waals surface area contributed by atoms with E-state index < -0.39 is 6.09 Å². The molecule has 2 heterocycles. The molecular formula is C24H25BrN2O6. The summed E-state index contributed by atoms with van der Waals surface area (Å²) in [5, 5.41) is 10.8. The van der Waals surface area contributed by atoms with Gasteiger partial charge in [0.2, 0.25) is 0 Å². The summed E-state index contributed by atoms with van der Waals surface area (Å²) in [5.41, 5.74) is 2.49. The fraction of sp³-hybridized carbons (Fsp3) is 0.333. The zero-order valence-corrected chi connectivity index (χ0v) is 20.0. The second kappa shape index (κ2) is 9.74. The molecule has 0 unspecified atom stereocenters. The Labute approximate surface area is 200 Å². The van der Waals surface area contributed by atoms with E-state index in [0.717, 1.165) is 28.6 Å². The third-order valence-corrected chi connectivity index (χ3v) is 6.36. The zero-order chi connectivity index (χ0) is 23.5. The number of amides is 2. The topological polar surface area (TPSA) is 88.5 Å². The van der Waals surface area contributed by atoms with Gasteiger partial charge in [0.1, 0.15) is 5.75 Å². The van der Waals surface area contributed by atoms with Gasteiger partial charge >= 0.3 is 6.09 Å². The normalized spacial score (nSPS) is 17.1. The molecule has 8 nitrogen and oxygen atoms in total. The summed E-state index contributed by atoms with van der Waals surface area (Å²) < 4.78 is 16.5. The summed E-state index contributed by atoms with van der Waals surface area (Å²) in [5.74, 6) is 1.27. The highest BCUT2D eigenvalue weighted by atomic mass is 79.9. The van der Waals surface area contributed by atoms with Gasteiger partial charge in [-0.2, -0.15) is 0 Å². The number of halogens is 1. The average molecular weight is 517 g/mol. The van der Waals surface area contributed by atoms with E-state index in [4.69, 9.17) is 14.2 Å². The van der Waals surface area contributed by atoms with E-state index in [2.05, 4.69) is 15.9 Å². The molecule has 9 heteroatoms. The lowest BCUT2D eigenvalue weighted by atomic mass is 10.0. The lowest BCUT2D eigenvalue weighted by molar-refractivity contribution is 0.0794. The molecule has 2 amide bonds. The minimum absolute atomic E-state index is 0.150. The van der Waals surface area contributed by atoms with Crippen molar-refractivity contribution in [2.24, 2.45) is 0 Å². The maximum absolute atomic E-state index is 13.5. The maximum atomic E-state index is 13.5. The molecule has 33 heavy (non-hydrogen) atoms. The van der Waals surface area contributed by atoms with E-state index in [1.807, 2.05) is 30.5 Å². The quantitative estimate of drug-likeness (QED) is 0.426. The Kier molecular flexibility index (Phi) is 6.78. The van der Waals surface area contributed by atoms with Crippen LogP contribution in [0.3, 0.4) is 0 Å². The fourth-order valence-corrected chi connectivity index (χ4v) is 4.36. The lowest BCUT2D eigenvalue weighted by Crippen LogP contribution is -2.40. The van der Waals surface area contributed by atoms with Gasteiger partial charge in [0.05, 0.1) is 44.7 Å². The molecule has 0 saturated carbocycles. The predicted octanol–water partition coefficient (Wildman–Crippen LogP) is 4.62. The monoisotopic (exact) mass is 516 g/mol. The molecule has 2 aliphatic rings. The third kappa shape index (κ3) is 4.50. The summed E-state index contributed by atoms with van der Waals surface area (Å²) >= 11 is 3.36. The number of rotatable bonds is 7. The van der Waals surface area contributed by atoms with Gasteiger partial charge < -0.3 is 24.2 Å². The van der Waals surface area contributed by atoms with Crippen LogP contribution < -0.4 is 19.1 Å². The first-order valence-corrected chi connectivity index (χ1v) is 11.7. The Morgan fingerprint density at radius 2 is 1.91 bits per heavy atom. The first kappa shape index (κ1) is 23.0. The molecule has 2 aliphatic heterocycles. The van der Waals surface area contributed by atoms with E-state index in [9.17, 15) is 14.7 Å². The van der Waals surface area contributed by atoms with Crippen LogP contribution in [0.25, 0.3) is 5.57 Å². The van der Waals surface area contributed by atoms with Crippen LogP contribution in [-0.4, -0.2) is 60.8 Å². The Morgan fingerprint density at radius 3 is 2.55 bits per heavy atom. The van der Waals surface area contributed by atoms with Crippen molar-refractivity contribution in [3.05, 3.63) is 53.7 Å². The number of hydrogen-bond acceptors (Lipinski definition) is 5. The minimum Gasteiger partial charge on any atom is -0.497 e. The molecule has 0 aromatic heterocycles. The SMILES string of the molecule is COc1ccc(C2=CN3C(=O)c4cc(OC)c(OCCCBr)cc4N(C(=O)O)C[C@@H]3C2)cc1. The lowest BCUT2D eigenvalue weighted by Gasteiger charge is -2.24. The number of hydrogen-bond donors (Lipinski definition) is 1. The van der Waals surface area contributed by atoms with Gasteiger partial charge in [-0.05, 0) is 42.2 Å². The molecule has 0 radical (unpaired) electrons. The number of carbonyl (C=O) groups excluding carboxylic acids is 1. The Hall–Kier alpha value is -3.20. The van der Waals surface area contributed by atoms with Crippen molar-refractivity contribution in [2.45, 2.75) is 18.9 Å². The van der Waals surface area contributed by atoms with Crippen LogP contribution >= 0.6 is 15.9 Å². The van der Waals surface area contributed by atoms with Crippen molar-refractivity contribution in [1.82, 2.24) is 4.90 Å². The van der Waals surface area contributed by atoms with E-state index >= 15 is 0 Å². The van der Waals surface area contributed by atoms with E-state index in [-0.39, 0.29) is 24.1 Å². The Balaban J connectivity index is 1.72. The molecule has 1 N–H and O–H groups in total. The number of ether oxygens (including phenoxy) is 3. The van der Waals surface area contributed by atoms with Crippen LogP contribution in [0.4, 0.5) is 10.5 Å². The Bertz CT molecular complexity index is 1090. The third-order valence-electron chi connectivity index (χ3n) is 5.80. The first-order valence-electron chi connectivity index (χ1n) is 10.6. The number of benzene rings is 2. The van der Waals surface area contributed by atoms with Crippen LogP contribution in [0, 0.1) is 0 Å². The smallest absolute Gasteiger partial charge is 0.411 e. The molecule has 174 valence electrons. The second-order valence-electron chi connectivity index (χ2n) is 7.76. The molecule has 2 aromatic carbocycles. The number of fused-ring (bicyclic) bond motifs is 2. The van der Waals surface area contributed by atoms with Crippen LogP contribution in [-0.2, 0) is 0 Å². The Morgan fingerprint density at radius 1 is 1.15 bits per heavy atom. The highest BCUT2D eigenvalue weighted by Crippen LogP contribution is 2.41. The van der Waals surface area contributed by atoms with Crippen molar-refractivity contribution in [1.29, 1.82) is 0 Å². The number of methoxy groups -OCH3 is 2. The van der Waals surface area contributed by atoms with Crippen LogP contribution in [0.2, 0.25) is 0 Å². The summed E-state index contributed by atoms with van der Waals surface area (Å²) in [6, 6.07) is 10.4. The van der Waals surface area contributed by atoms with Crippen molar-refractivity contribution < 1.29 is 28.9 Å². The van der Waals surface area contributed by atoms with Crippen molar-refractivity contribution in [3.8, 4) is 17.2 Å². The van der Waals surface area contributed by atoms with Crippen molar-refractivity contribution >= 4 is 39.2 Å². The van der Waals surface area contributed by atoms with Crippen LogP contribution in [0.5, 0.6) is 17.2 Å². The van der Waals surface area contributed by atoms with Crippen molar-refractivity contribution in [2.75, 3.05) is 37.6 Å². The number of alkyl halides is 1. The van der Waals surface area contributed by atoms with Gasteiger partial charge in [0.25, 0.3) is 5.91 Å². The molecular weight excluding hydrogens is 492 g/mol. The number of nitrogens with zero attached hydrogens (tertiary/aromatic N) is 2. The van der Waals surface area contributed by atoms with Gasteiger partial charge in [0, 0.05) is 17.6 Å². The van der Waals surface area contributed by atoms with Crippen molar-refractivity contribution in [3.63, 3.8) is 0 Å². The van der Waals surface area contributed by atoms with Gasteiger partial charge in [-0.1, -0.05) is 28.1 Å². The van der Waals surface area contributed by atoms with E-state index in [1.54, 1.807) is 24.1 Å². The number of anilines is 1. The van der Waals surface area contributed by atoms with Gasteiger partial charge in [-0.3, -0.25) is 9.69 Å². The average Bonchev–Trinajstić information content (AvgIpc) is 3.21. The molecule has 0 saturated heterocycles. The first-order chi connectivity index (χ1) is 16.0. The van der Waals surface area contributed by atoms with Gasteiger partial charge in [0.15, 0.2) is 11.5 Å². The highest BCUT2D eigenvalue weighted by molar-refractivity contribution is 9.09. The number of carboxylic acid groups (broad SMARTS) is 1. The van der Waals surface area contributed by atoms with E-state index in [1.165, 1.54) is 12.0 Å². The summed E-state index contributed by atoms with van der Waals surface area (Å²) in [6.07, 6.45) is 2.01. The molecule has 4 rings (SSSR count). The number of carbonyl (C=O) groups is 2. The highest BCUT2D eigenvalue weighted by Gasteiger charge is 2.39. The predicted molar refractivity (Wildman–Crippen MR) is 128 cm³/mol. The van der Waals surface area contributed by atoms with Crippen LogP contribution in [0.1, 0.15) is 28.8 Å². The van der Waals surface area contributed by atoms with Gasteiger partial charge in [-0.25, -0.2) is 4.79 Å². The minimum atomic E-state index is -1.12. The summed E-state index contributed by atoms with van der Waals surface area (Å²) in [4.78, 5) is 28.6. The molecule has 0 bridgehead atoms. The molecule has 0 aliphatic carbocycles. The molecule has 0 spiro atoms. The molecule has 2 aromatic rings. The summed E-state index contributed by atoms with van der Waals surface area (Å²) in [6.45, 7) is 0.585. The largest absolute Gasteiger partial charge is 0.497 e. The van der Waals surface area contributed by atoms with Crippen LogP contribution in [0.15, 0.2) is 42.6 Å². The standard InChI is InChI=1S/C24H25BrN2O6/c1-31-18-6-4-15(5-7-18)16-10-17-14-27(24(29)30)20-12-22(33-9-3-8-25)21(32-2)11-19(20)23(28)26(17)13-16/h4-7,11-13,17H,3,8-10,14H2,1-2H3,(H,29,30)/t17-/m0/s1. The van der Waals surface area contributed by atoms with E-state index in [0.29, 0.717) is 30.2 Å². The fourth-order valence-electron chi connectivity index (χ4n) is 4.13.